The predicted octanol–water partition coefficient (Wildman–Crippen LogP) is 2.08. The Balaban J connectivity index is 2.44. The van der Waals surface area contributed by atoms with Crippen LogP contribution in [0.15, 0.2) is 0 Å². The molecule has 1 saturated heterocycles. The fourth-order valence-corrected chi connectivity index (χ4v) is 2.67. The van der Waals surface area contributed by atoms with Crippen LogP contribution < -0.4 is 0 Å². The molecular formula is C9H16O2S. The third-order valence-corrected chi connectivity index (χ3v) is 3.90. The van der Waals surface area contributed by atoms with Crippen molar-refractivity contribution >= 4 is 17.7 Å². The van der Waals surface area contributed by atoms with Gasteiger partial charge in [-0.15, -0.1) is 0 Å². The second kappa shape index (κ2) is 4.17. The first-order valence-electron chi connectivity index (χ1n) is 4.41. The largest absolute Gasteiger partial charge is 0.469 e. The van der Waals surface area contributed by atoms with Crippen LogP contribution in [0.1, 0.15) is 26.2 Å². The fourth-order valence-electron chi connectivity index (χ4n) is 1.44. The van der Waals surface area contributed by atoms with Gasteiger partial charge in [0, 0.05) is 11.5 Å². The monoisotopic (exact) mass is 188 g/mol. The molecule has 0 amide bonds. The van der Waals surface area contributed by atoms with Gasteiger partial charge in [0.2, 0.25) is 0 Å². The second-order valence-corrected chi connectivity index (χ2v) is 4.35. The number of rotatable bonds is 4. The molecule has 3 heteroatoms. The van der Waals surface area contributed by atoms with Crippen molar-refractivity contribution in [3.8, 4) is 0 Å². The van der Waals surface area contributed by atoms with Crippen molar-refractivity contribution in [1.82, 2.24) is 0 Å². The normalized spacial score (nSPS) is 19.8. The summed E-state index contributed by atoms with van der Waals surface area (Å²) in [5.74, 6) is 1.91. The zero-order valence-corrected chi connectivity index (χ0v) is 8.58. The molecule has 0 spiro atoms. The van der Waals surface area contributed by atoms with E-state index in [2.05, 4.69) is 6.92 Å². The highest BCUT2D eigenvalue weighted by Crippen LogP contribution is 2.42. The second-order valence-electron chi connectivity index (χ2n) is 3.37. The lowest BCUT2D eigenvalue weighted by Crippen LogP contribution is -2.44. The van der Waals surface area contributed by atoms with Gasteiger partial charge in [-0.3, -0.25) is 4.79 Å². The summed E-state index contributed by atoms with van der Waals surface area (Å²) in [5, 5.41) is 0. The van der Waals surface area contributed by atoms with Gasteiger partial charge in [-0.05, 0) is 6.42 Å². The lowest BCUT2D eigenvalue weighted by Gasteiger charge is -2.38. The maximum absolute atomic E-state index is 11.4. The first kappa shape index (κ1) is 9.90. The summed E-state index contributed by atoms with van der Waals surface area (Å²) >= 11 is 1.84. The van der Waals surface area contributed by atoms with Crippen LogP contribution in [0.4, 0.5) is 0 Å². The van der Waals surface area contributed by atoms with E-state index in [0.29, 0.717) is 0 Å². The highest BCUT2D eigenvalue weighted by Gasteiger charge is 2.45. The molecule has 0 radical (unpaired) electrons. The van der Waals surface area contributed by atoms with E-state index in [9.17, 15) is 4.79 Å². The number of methoxy groups -OCH3 is 1. The minimum atomic E-state index is -0.116. The van der Waals surface area contributed by atoms with Crippen LogP contribution in [0, 0.1) is 5.41 Å². The van der Waals surface area contributed by atoms with Crippen LogP contribution in [0.3, 0.4) is 0 Å². The number of carbonyl (C=O) groups is 1. The molecule has 1 aliphatic rings. The molecule has 0 aromatic heterocycles. The molecule has 2 nitrogen and oxygen atoms in total. The van der Waals surface area contributed by atoms with Crippen LogP contribution in [0.5, 0.6) is 0 Å². The molecule has 0 aromatic carbocycles. The zero-order chi connectivity index (χ0) is 9.03. The smallest absolute Gasteiger partial charge is 0.313 e. The quantitative estimate of drug-likeness (QED) is 0.632. The average Bonchev–Trinajstić information content (AvgIpc) is 2.02. The highest BCUT2D eigenvalue weighted by atomic mass is 32.2. The molecule has 70 valence electrons. The summed E-state index contributed by atoms with van der Waals surface area (Å²) in [6.07, 6.45) is 3.29. The number of carbonyl (C=O) groups excluding carboxylic acids is 1. The van der Waals surface area contributed by atoms with Crippen molar-refractivity contribution in [2.24, 2.45) is 5.41 Å². The van der Waals surface area contributed by atoms with E-state index in [4.69, 9.17) is 4.74 Å². The third kappa shape index (κ3) is 1.76. The van der Waals surface area contributed by atoms with Gasteiger partial charge >= 0.3 is 5.97 Å². The van der Waals surface area contributed by atoms with Crippen LogP contribution in [0.2, 0.25) is 0 Å². The topological polar surface area (TPSA) is 26.3 Å². The highest BCUT2D eigenvalue weighted by molar-refractivity contribution is 8.00. The minimum absolute atomic E-state index is 0.00491. The molecule has 1 heterocycles. The van der Waals surface area contributed by atoms with Crippen LogP contribution in [0.25, 0.3) is 0 Å². The number of ether oxygens (including phenoxy) is 1. The lowest BCUT2D eigenvalue weighted by atomic mass is 9.86. The molecule has 1 rings (SSSR count). The zero-order valence-electron chi connectivity index (χ0n) is 7.76. The Hall–Kier alpha value is -0.180. The van der Waals surface area contributed by atoms with Crippen molar-refractivity contribution in [3.05, 3.63) is 0 Å². The molecule has 0 saturated carbocycles. The van der Waals surface area contributed by atoms with E-state index in [1.807, 2.05) is 11.8 Å². The number of unbranched alkanes of at least 4 members (excludes halogenated alkanes) is 1. The van der Waals surface area contributed by atoms with E-state index in [0.717, 1.165) is 30.8 Å². The van der Waals surface area contributed by atoms with E-state index in [-0.39, 0.29) is 11.4 Å². The van der Waals surface area contributed by atoms with Crippen molar-refractivity contribution in [2.75, 3.05) is 18.6 Å². The average molecular weight is 188 g/mol. The summed E-state index contributed by atoms with van der Waals surface area (Å²) in [4.78, 5) is 11.4. The van der Waals surface area contributed by atoms with Gasteiger partial charge in [0.25, 0.3) is 0 Å². The van der Waals surface area contributed by atoms with Gasteiger partial charge < -0.3 is 4.74 Å². The first-order valence-corrected chi connectivity index (χ1v) is 5.57. The SMILES string of the molecule is CCCCC1(C(=O)OC)CSC1. The summed E-state index contributed by atoms with van der Waals surface area (Å²) in [5.41, 5.74) is -0.116. The molecule has 12 heavy (non-hydrogen) atoms. The van der Waals surface area contributed by atoms with E-state index in [1.165, 1.54) is 7.11 Å². The molecule has 0 unspecified atom stereocenters. The summed E-state index contributed by atoms with van der Waals surface area (Å²) in [7, 11) is 1.49. The summed E-state index contributed by atoms with van der Waals surface area (Å²) in [6, 6.07) is 0. The van der Waals surface area contributed by atoms with Gasteiger partial charge in [-0.25, -0.2) is 0 Å². The van der Waals surface area contributed by atoms with Crippen molar-refractivity contribution in [3.63, 3.8) is 0 Å². The minimum Gasteiger partial charge on any atom is -0.469 e. The molecule has 1 fully saturated rings. The van der Waals surface area contributed by atoms with Crippen LogP contribution in [-0.4, -0.2) is 24.6 Å². The van der Waals surface area contributed by atoms with Crippen molar-refractivity contribution < 1.29 is 9.53 Å². The van der Waals surface area contributed by atoms with Crippen LogP contribution >= 0.6 is 11.8 Å². The summed E-state index contributed by atoms with van der Waals surface area (Å²) in [6.45, 7) is 2.15. The van der Waals surface area contributed by atoms with E-state index < -0.39 is 0 Å². The van der Waals surface area contributed by atoms with Crippen molar-refractivity contribution in [2.45, 2.75) is 26.2 Å². The number of thioether (sulfide) groups is 1. The Bertz CT molecular complexity index is 164. The number of hydrogen-bond donors (Lipinski definition) is 0. The molecule has 0 aromatic rings. The molecule has 0 bridgehead atoms. The Kier molecular flexibility index (Phi) is 3.44. The maximum atomic E-state index is 11.4. The predicted molar refractivity (Wildman–Crippen MR) is 51.3 cm³/mol. The standard InChI is InChI=1S/C9H16O2S/c1-3-4-5-9(6-12-7-9)8(10)11-2/h3-7H2,1-2H3. The molecule has 0 atom stereocenters. The van der Waals surface area contributed by atoms with E-state index >= 15 is 0 Å². The van der Waals surface area contributed by atoms with E-state index in [1.54, 1.807) is 0 Å². The molecule has 1 aliphatic heterocycles. The van der Waals surface area contributed by atoms with Gasteiger partial charge in [-0.1, -0.05) is 19.8 Å². The first-order chi connectivity index (χ1) is 5.75. The van der Waals surface area contributed by atoms with Gasteiger partial charge in [0.15, 0.2) is 0 Å². The van der Waals surface area contributed by atoms with Crippen molar-refractivity contribution in [1.29, 1.82) is 0 Å². The van der Waals surface area contributed by atoms with Gasteiger partial charge in [0.1, 0.15) is 0 Å². The number of esters is 1. The molecular weight excluding hydrogens is 172 g/mol. The Morgan fingerprint density at radius 1 is 1.58 bits per heavy atom. The van der Waals surface area contributed by atoms with Crippen LogP contribution in [-0.2, 0) is 9.53 Å². The molecule has 0 aliphatic carbocycles. The fraction of sp³-hybridized carbons (Fsp3) is 0.889. The number of hydrogen-bond acceptors (Lipinski definition) is 3. The Morgan fingerprint density at radius 3 is 2.58 bits per heavy atom. The summed E-state index contributed by atoms with van der Waals surface area (Å²) < 4.78 is 4.80. The molecule has 0 N–H and O–H groups in total. The maximum Gasteiger partial charge on any atom is 0.313 e. The Labute approximate surface area is 78.1 Å². The third-order valence-electron chi connectivity index (χ3n) is 2.38. The Morgan fingerprint density at radius 2 is 2.25 bits per heavy atom. The lowest BCUT2D eigenvalue weighted by molar-refractivity contribution is -0.151. The van der Waals surface area contributed by atoms with Gasteiger partial charge in [0.05, 0.1) is 12.5 Å². The van der Waals surface area contributed by atoms with Gasteiger partial charge in [-0.2, -0.15) is 11.8 Å².